The topological polar surface area (TPSA) is 62.3 Å². The fourth-order valence-corrected chi connectivity index (χ4v) is 1.72. The van der Waals surface area contributed by atoms with Crippen molar-refractivity contribution in [1.82, 2.24) is 4.90 Å². The third-order valence-corrected chi connectivity index (χ3v) is 2.72. The first-order chi connectivity index (χ1) is 6.65. The van der Waals surface area contributed by atoms with E-state index in [1.54, 1.807) is 0 Å². The molecular weight excluding hydrogens is 178 g/mol. The molecule has 1 heterocycles. The number of hydrogen-bond acceptors (Lipinski definition) is 4. The summed E-state index contributed by atoms with van der Waals surface area (Å²) in [7, 11) is 0. The molecule has 0 aliphatic carbocycles. The summed E-state index contributed by atoms with van der Waals surface area (Å²) in [5.74, 6) is 0.519. The smallest absolute Gasteiger partial charge is 0.108 e. The SMILES string of the molecule is CC1COCCN(C(C)C(N)C#N)C1. The summed E-state index contributed by atoms with van der Waals surface area (Å²) in [5, 5.41) is 8.74. The Balaban J connectivity index is 2.53. The van der Waals surface area contributed by atoms with E-state index in [2.05, 4.69) is 17.9 Å². The standard InChI is InChI=1S/C10H19N3O/c1-8-6-13(3-4-14-7-8)9(2)10(12)5-11/h8-10H,3-4,6-7,12H2,1-2H3. The van der Waals surface area contributed by atoms with Crippen molar-refractivity contribution in [2.75, 3.05) is 26.3 Å². The monoisotopic (exact) mass is 197 g/mol. The number of nitrogens with two attached hydrogens (primary N) is 1. The second-order valence-electron chi connectivity index (χ2n) is 4.07. The third-order valence-electron chi connectivity index (χ3n) is 2.72. The molecule has 1 rings (SSSR count). The second-order valence-corrected chi connectivity index (χ2v) is 4.07. The molecule has 0 amide bonds. The van der Waals surface area contributed by atoms with Crippen LogP contribution in [0.4, 0.5) is 0 Å². The number of rotatable bonds is 2. The molecule has 0 spiro atoms. The molecule has 3 unspecified atom stereocenters. The Bertz CT molecular complexity index is 214. The Morgan fingerprint density at radius 1 is 1.64 bits per heavy atom. The maximum absolute atomic E-state index is 8.74. The molecule has 2 N–H and O–H groups in total. The van der Waals surface area contributed by atoms with Gasteiger partial charge < -0.3 is 10.5 Å². The zero-order valence-corrected chi connectivity index (χ0v) is 8.94. The first-order valence-electron chi connectivity index (χ1n) is 5.12. The second kappa shape index (κ2) is 5.30. The maximum Gasteiger partial charge on any atom is 0.108 e. The highest BCUT2D eigenvalue weighted by atomic mass is 16.5. The number of nitriles is 1. The van der Waals surface area contributed by atoms with Crippen LogP contribution in [0.25, 0.3) is 0 Å². The minimum atomic E-state index is -0.403. The Morgan fingerprint density at radius 2 is 2.36 bits per heavy atom. The lowest BCUT2D eigenvalue weighted by Gasteiger charge is -2.29. The van der Waals surface area contributed by atoms with Gasteiger partial charge in [-0.05, 0) is 12.8 Å². The fraction of sp³-hybridized carbons (Fsp3) is 0.900. The number of hydrogen-bond donors (Lipinski definition) is 1. The first-order valence-corrected chi connectivity index (χ1v) is 5.12. The first kappa shape index (κ1) is 11.4. The Kier molecular flexibility index (Phi) is 4.33. The average molecular weight is 197 g/mol. The molecule has 0 aromatic heterocycles. The zero-order chi connectivity index (χ0) is 10.6. The molecule has 1 aliphatic heterocycles. The van der Waals surface area contributed by atoms with Crippen molar-refractivity contribution in [2.45, 2.75) is 25.9 Å². The summed E-state index contributed by atoms with van der Waals surface area (Å²) in [6.07, 6.45) is 0. The molecule has 1 fully saturated rings. The van der Waals surface area contributed by atoms with Gasteiger partial charge in [0.2, 0.25) is 0 Å². The summed E-state index contributed by atoms with van der Waals surface area (Å²) in [5.41, 5.74) is 5.70. The molecule has 4 heteroatoms. The molecule has 3 atom stereocenters. The highest BCUT2D eigenvalue weighted by Gasteiger charge is 2.23. The molecule has 0 radical (unpaired) electrons. The Hall–Kier alpha value is -0.630. The van der Waals surface area contributed by atoms with Crippen LogP contribution < -0.4 is 5.73 Å². The van der Waals surface area contributed by atoms with Crippen molar-refractivity contribution in [2.24, 2.45) is 11.7 Å². The summed E-state index contributed by atoms with van der Waals surface area (Å²) in [6.45, 7) is 7.56. The van der Waals surface area contributed by atoms with Gasteiger partial charge in [-0.1, -0.05) is 6.92 Å². The van der Waals surface area contributed by atoms with Crippen LogP contribution in [0, 0.1) is 17.2 Å². The predicted molar refractivity (Wildman–Crippen MR) is 54.6 cm³/mol. The van der Waals surface area contributed by atoms with Crippen LogP contribution in [0.3, 0.4) is 0 Å². The van der Waals surface area contributed by atoms with E-state index in [0.29, 0.717) is 5.92 Å². The van der Waals surface area contributed by atoms with Crippen LogP contribution in [-0.2, 0) is 4.74 Å². The zero-order valence-electron chi connectivity index (χ0n) is 8.94. The van der Waals surface area contributed by atoms with Crippen molar-refractivity contribution >= 4 is 0 Å². The maximum atomic E-state index is 8.74. The van der Waals surface area contributed by atoms with Crippen LogP contribution in [0.2, 0.25) is 0 Å². The van der Waals surface area contributed by atoms with Crippen molar-refractivity contribution in [3.05, 3.63) is 0 Å². The molecule has 0 aromatic carbocycles. The summed E-state index contributed by atoms with van der Waals surface area (Å²) < 4.78 is 5.44. The van der Waals surface area contributed by atoms with E-state index in [0.717, 1.165) is 26.3 Å². The van der Waals surface area contributed by atoms with Gasteiger partial charge in [0.05, 0.1) is 19.3 Å². The highest BCUT2D eigenvalue weighted by molar-refractivity contribution is 4.95. The Morgan fingerprint density at radius 3 is 3.00 bits per heavy atom. The molecule has 80 valence electrons. The van der Waals surface area contributed by atoms with E-state index < -0.39 is 6.04 Å². The third kappa shape index (κ3) is 2.95. The fourth-order valence-electron chi connectivity index (χ4n) is 1.72. The van der Waals surface area contributed by atoms with Crippen molar-refractivity contribution in [3.63, 3.8) is 0 Å². The molecule has 0 aromatic rings. The van der Waals surface area contributed by atoms with Gasteiger partial charge in [-0.3, -0.25) is 4.90 Å². The lowest BCUT2D eigenvalue weighted by atomic mass is 10.1. The van der Waals surface area contributed by atoms with Gasteiger partial charge in [0.15, 0.2) is 0 Å². The van der Waals surface area contributed by atoms with E-state index in [1.807, 2.05) is 6.92 Å². The molecular formula is C10H19N3O. The Labute approximate surface area is 85.6 Å². The van der Waals surface area contributed by atoms with Crippen LogP contribution in [0.1, 0.15) is 13.8 Å². The molecule has 14 heavy (non-hydrogen) atoms. The molecule has 1 aliphatic rings. The van der Waals surface area contributed by atoms with E-state index in [9.17, 15) is 0 Å². The van der Waals surface area contributed by atoms with Crippen molar-refractivity contribution in [1.29, 1.82) is 5.26 Å². The lowest BCUT2D eigenvalue weighted by molar-refractivity contribution is 0.123. The normalized spacial score (nSPS) is 28.9. The minimum Gasteiger partial charge on any atom is -0.380 e. The van der Waals surface area contributed by atoms with Crippen LogP contribution in [0.5, 0.6) is 0 Å². The van der Waals surface area contributed by atoms with Gasteiger partial charge in [0, 0.05) is 19.1 Å². The minimum absolute atomic E-state index is 0.115. The van der Waals surface area contributed by atoms with Crippen molar-refractivity contribution in [3.8, 4) is 6.07 Å². The molecule has 0 saturated carbocycles. The van der Waals surface area contributed by atoms with Gasteiger partial charge in [-0.2, -0.15) is 5.26 Å². The van der Waals surface area contributed by atoms with Crippen molar-refractivity contribution < 1.29 is 4.74 Å². The van der Waals surface area contributed by atoms with E-state index in [-0.39, 0.29) is 6.04 Å². The van der Waals surface area contributed by atoms with Gasteiger partial charge in [0.25, 0.3) is 0 Å². The van der Waals surface area contributed by atoms with Gasteiger partial charge in [-0.25, -0.2) is 0 Å². The summed E-state index contributed by atoms with van der Waals surface area (Å²) in [6, 6.07) is 1.80. The summed E-state index contributed by atoms with van der Waals surface area (Å²) in [4.78, 5) is 2.24. The van der Waals surface area contributed by atoms with Crippen LogP contribution in [-0.4, -0.2) is 43.3 Å². The van der Waals surface area contributed by atoms with Crippen LogP contribution in [0.15, 0.2) is 0 Å². The quantitative estimate of drug-likeness (QED) is 0.686. The number of ether oxygens (including phenoxy) is 1. The van der Waals surface area contributed by atoms with Gasteiger partial charge in [0.1, 0.15) is 6.04 Å². The predicted octanol–water partition coefficient (Wildman–Crippen LogP) is 0.194. The average Bonchev–Trinajstić information content (AvgIpc) is 2.40. The molecule has 1 saturated heterocycles. The van der Waals surface area contributed by atoms with E-state index >= 15 is 0 Å². The van der Waals surface area contributed by atoms with Crippen LogP contribution >= 0.6 is 0 Å². The highest BCUT2D eigenvalue weighted by Crippen LogP contribution is 2.10. The molecule has 4 nitrogen and oxygen atoms in total. The molecule has 0 bridgehead atoms. The van der Waals surface area contributed by atoms with Gasteiger partial charge in [-0.15, -0.1) is 0 Å². The van der Waals surface area contributed by atoms with Gasteiger partial charge >= 0.3 is 0 Å². The lowest BCUT2D eigenvalue weighted by Crippen LogP contribution is -2.47. The van der Waals surface area contributed by atoms with E-state index in [1.165, 1.54) is 0 Å². The summed E-state index contributed by atoms with van der Waals surface area (Å²) >= 11 is 0. The largest absolute Gasteiger partial charge is 0.380 e. The van der Waals surface area contributed by atoms with E-state index in [4.69, 9.17) is 15.7 Å². The number of nitrogens with zero attached hydrogens (tertiary/aromatic N) is 2.